The minimum absolute atomic E-state index is 0.128. The van der Waals surface area contributed by atoms with Gasteiger partial charge in [-0.05, 0) is 19.8 Å². The van der Waals surface area contributed by atoms with Crippen molar-refractivity contribution in [3.8, 4) is 0 Å². The SMILES string of the molecule is CCCC(C)C(=O)NC(C)CCCl. The molecule has 0 aliphatic rings. The highest BCUT2D eigenvalue weighted by atomic mass is 35.5. The van der Waals surface area contributed by atoms with Gasteiger partial charge in [0.05, 0.1) is 0 Å². The largest absolute Gasteiger partial charge is 0.353 e. The lowest BCUT2D eigenvalue weighted by atomic mass is 10.1. The Bertz CT molecular complexity index is 150. The molecule has 13 heavy (non-hydrogen) atoms. The first-order valence-corrected chi connectivity index (χ1v) is 5.51. The number of halogens is 1. The number of hydrogen-bond donors (Lipinski definition) is 1. The summed E-state index contributed by atoms with van der Waals surface area (Å²) in [6, 6.07) is 0.198. The van der Waals surface area contributed by atoms with E-state index in [9.17, 15) is 4.79 Å². The molecule has 0 fully saturated rings. The van der Waals surface area contributed by atoms with Crippen LogP contribution in [0.1, 0.15) is 40.0 Å². The molecule has 0 saturated heterocycles. The van der Waals surface area contributed by atoms with Crippen LogP contribution in [0.4, 0.5) is 0 Å². The molecule has 2 atom stereocenters. The summed E-state index contributed by atoms with van der Waals surface area (Å²) in [5.74, 6) is 0.881. The molecule has 2 unspecified atom stereocenters. The van der Waals surface area contributed by atoms with E-state index in [4.69, 9.17) is 11.6 Å². The van der Waals surface area contributed by atoms with E-state index in [-0.39, 0.29) is 17.9 Å². The first-order valence-electron chi connectivity index (χ1n) is 4.98. The lowest BCUT2D eigenvalue weighted by Gasteiger charge is -2.16. The number of amides is 1. The van der Waals surface area contributed by atoms with Gasteiger partial charge in [0.15, 0.2) is 0 Å². The first kappa shape index (κ1) is 12.8. The number of carbonyl (C=O) groups is 1. The summed E-state index contributed by atoms with van der Waals surface area (Å²) in [4.78, 5) is 11.5. The zero-order chi connectivity index (χ0) is 10.3. The monoisotopic (exact) mass is 205 g/mol. The number of hydrogen-bond acceptors (Lipinski definition) is 1. The van der Waals surface area contributed by atoms with Gasteiger partial charge in [-0.15, -0.1) is 11.6 Å². The second-order valence-corrected chi connectivity index (χ2v) is 3.95. The average molecular weight is 206 g/mol. The van der Waals surface area contributed by atoms with E-state index in [0.717, 1.165) is 19.3 Å². The fourth-order valence-corrected chi connectivity index (χ4v) is 1.51. The van der Waals surface area contributed by atoms with Crippen molar-refractivity contribution >= 4 is 17.5 Å². The Hall–Kier alpha value is -0.240. The zero-order valence-electron chi connectivity index (χ0n) is 8.77. The fraction of sp³-hybridized carbons (Fsp3) is 0.900. The third-order valence-corrected chi connectivity index (χ3v) is 2.32. The highest BCUT2D eigenvalue weighted by molar-refractivity contribution is 6.17. The minimum Gasteiger partial charge on any atom is -0.353 e. The highest BCUT2D eigenvalue weighted by Crippen LogP contribution is 2.05. The molecule has 0 aliphatic carbocycles. The van der Waals surface area contributed by atoms with Crippen molar-refractivity contribution in [2.45, 2.75) is 46.1 Å². The normalized spacial score (nSPS) is 15.1. The fourth-order valence-electron chi connectivity index (χ4n) is 1.19. The smallest absolute Gasteiger partial charge is 0.223 e. The zero-order valence-corrected chi connectivity index (χ0v) is 9.53. The van der Waals surface area contributed by atoms with Gasteiger partial charge in [-0.3, -0.25) is 4.79 Å². The van der Waals surface area contributed by atoms with Gasteiger partial charge in [-0.25, -0.2) is 0 Å². The third kappa shape index (κ3) is 5.92. The van der Waals surface area contributed by atoms with E-state index in [1.165, 1.54) is 0 Å². The van der Waals surface area contributed by atoms with Gasteiger partial charge >= 0.3 is 0 Å². The molecule has 2 nitrogen and oxygen atoms in total. The van der Waals surface area contributed by atoms with Gasteiger partial charge in [0.25, 0.3) is 0 Å². The van der Waals surface area contributed by atoms with E-state index in [1.54, 1.807) is 0 Å². The Labute approximate surface area is 86.0 Å². The predicted octanol–water partition coefficient (Wildman–Crippen LogP) is 2.56. The van der Waals surface area contributed by atoms with Gasteiger partial charge < -0.3 is 5.32 Å². The molecule has 78 valence electrons. The van der Waals surface area contributed by atoms with Gasteiger partial charge in [0, 0.05) is 17.8 Å². The first-order chi connectivity index (χ1) is 6.11. The van der Waals surface area contributed by atoms with E-state index in [2.05, 4.69) is 12.2 Å². The van der Waals surface area contributed by atoms with Crippen LogP contribution < -0.4 is 5.32 Å². The molecule has 0 spiro atoms. The van der Waals surface area contributed by atoms with Crippen molar-refractivity contribution in [2.24, 2.45) is 5.92 Å². The van der Waals surface area contributed by atoms with Gasteiger partial charge in [-0.2, -0.15) is 0 Å². The molecule has 0 aromatic heterocycles. The van der Waals surface area contributed by atoms with E-state index >= 15 is 0 Å². The summed E-state index contributed by atoms with van der Waals surface area (Å²) in [7, 11) is 0. The van der Waals surface area contributed by atoms with Crippen LogP contribution in [0, 0.1) is 5.92 Å². The lowest BCUT2D eigenvalue weighted by molar-refractivity contribution is -0.125. The predicted molar refractivity (Wildman–Crippen MR) is 57.0 cm³/mol. The number of rotatable bonds is 6. The molecule has 3 heteroatoms. The van der Waals surface area contributed by atoms with Crippen molar-refractivity contribution in [1.29, 1.82) is 0 Å². The minimum atomic E-state index is 0.128. The van der Waals surface area contributed by atoms with Gasteiger partial charge in [-0.1, -0.05) is 20.3 Å². The van der Waals surface area contributed by atoms with Crippen LogP contribution >= 0.6 is 11.6 Å². The lowest BCUT2D eigenvalue weighted by Crippen LogP contribution is -2.36. The summed E-state index contributed by atoms with van der Waals surface area (Å²) in [5, 5.41) is 2.94. The van der Waals surface area contributed by atoms with Crippen LogP contribution in [0.2, 0.25) is 0 Å². The molecule has 0 aromatic carbocycles. The van der Waals surface area contributed by atoms with Crippen molar-refractivity contribution < 1.29 is 4.79 Å². The summed E-state index contributed by atoms with van der Waals surface area (Å²) in [5.41, 5.74) is 0. The highest BCUT2D eigenvalue weighted by Gasteiger charge is 2.13. The van der Waals surface area contributed by atoms with Crippen LogP contribution in [0.5, 0.6) is 0 Å². The molecule has 0 heterocycles. The van der Waals surface area contributed by atoms with Crippen molar-refractivity contribution in [3.63, 3.8) is 0 Å². The number of alkyl halides is 1. The Morgan fingerprint density at radius 2 is 2.00 bits per heavy atom. The molecule has 0 saturated carbocycles. The summed E-state index contributed by atoms with van der Waals surface area (Å²) < 4.78 is 0. The van der Waals surface area contributed by atoms with Crippen molar-refractivity contribution in [3.05, 3.63) is 0 Å². The molecule has 1 amide bonds. The van der Waals surface area contributed by atoms with Crippen molar-refractivity contribution in [1.82, 2.24) is 5.32 Å². The van der Waals surface area contributed by atoms with E-state index < -0.39 is 0 Å². The second-order valence-electron chi connectivity index (χ2n) is 3.58. The Morgan fingerprint density at radius 1 is 1.38 bits per heavy atom. The maximum absolute atomic E-state index is 11.5. The molecule has 0 bridgehead atoms. The maximum Gasteiger partial charge on any atom is 0.223 e. The van der Waals surface area contributed by atoms with Crippen LogP contribution in [0.25, 0.3) is 0 Å². The molecular weight excluding hydrogens is 186 g/mol. The number of nitrogens with one attached hydrogen (secondary N) is 1. The third-order valence-electron chi connectivity index (χ3n) is 2.10. The molecule has 0 radical (unpaired) electrons. The molecule has 0 aliphatic heterocycles. The molecule has 1 N–H and O–H groups in total. The molecule has 0 aromatic rings. The topological polar surface area (TPSA) is 29.1 Å². The van der Waals surface area contributed by atoms with Crippen molar-refractivity contribution in [2.75, 3.05) is 5.88 Å². The average Bonchev–Trinajstić information content (AvgIpc) is 2.05. The standard InChI is InChI=1S/C10H20ClNO/c1-4-5-8(2)10(13)12-9(3)6-7-11/h8-9H,4-7H2,1-3H3,(H,12,13). The summed E-state index contributed by atoms with van der Waals surface area (Å²) in [6.45, 7) is 6.04. The Balaban J connectivity index is 3.71. The summed E-state index contributed by atoms with van der Waals surface area (Å²) in [6.07, 6.45) is 2.85. The number of carbonyl (C=O) groups excluding carboxylic acids is 1. The van der Waals surface area contributed by atoms with Crippen LogP contribution in [0.15, 0.2) is 0 Å². The van der Waals surface area contributed by atoms with Gasteiger partial charge in [0.1, 0.15) is 0 Å². The van der Waals surface area contributed by atoms with Crippen LogP contribution in [-0.4, -0.2) is 17.8 Å². The quantitative estimate of drug-likeness (QED) is 0.664. The van der Waals surface area contributed by atoms with Gasteiger partial charge in [0.2, 0.25) is 5.91 Å². The van der Waals surface area contributed by atoms with E-state index in [0.29, 0.717) is 5.88 Å². The molecule has 0 rings (SSSR count). The second kappa shape index (κ2) is 7.19. The Morgan fingerprint density at radius 3 is 2.46 bits per heavy atom. The molecular formula is C10H20ClNO. The summed E-state index contributed by atoms with van der Waals surface area (Å²) >= 11 is 5.57. The maximum atomic E-state index is 11.5. The van der Waals surface area contributed by atoms with Crippen LogP contribution in [-0.2, 0) is 4.79 Å². The Kier molecular flexibility index (Phi) is 7.06. The van der Waals surface area contributed by atoms with E-state index in [1.807, 2.05) is 13.8 Å². The van der Waals surface area contributed by atoms with Crippen LogP contribution in [0.3, 0.4) is 0 Å².